The molecule has 3 nitrogen and oxygen atoms in total. The third kappa shape index (κ3) is 2.90. The molecule has 0 bridgehead atoms. The maximum atomic E-state index is 5.97. The fourth-order valence-corrected chi connectivity index (χ4v) is 2.03. The summed E-state index contributed by atoms with van der Waals surface area (Å²) in [6, 6.07) is 11.8. The molecule has 0 fully saturated rings. The molecular formula is C12H12ClN3S. The van der Waals surface area contributed by atoms with Gasteiger partial charge >= 0.3 is 0 Å². The second-order valence-electron chi connectivity index (χ2n) is 3.43. The zero-order chi connectivity index (χ0) is 12.3. The molecule has 0 amide bonds. The number of hydrogen-bond acceptors (Lipinski definition) is 4. The molecule has 2 rings (SSSR count). The average molecular weight is 266 g/mol. The summed E-state index contributed by atoms with van der Waals surface area (Å²) in [7, 11) is 1.96. The van der Waals surface area contributed by atoms with Crippen molar-refractivity contribution in [2.45, 2.75) is 5.16 Å². The van der Waals surface area contributed by atoms with Crippen LogP contribution in [0.3, 0.4) is 0 Å². The standard InChI is InChI=1S/C12H12ClN3S/c1-16(9-6-4-3-5-7-9)11-8-10(13)14-12(15-11)17-2/h3-8H,1-2H3. The summed E-state index contributed by atoms with van der Waals surface area (Å²) in [6.07, 6.45) is 1.93. The number of hydrogen-bond donors (Lipinski definition) is 0. The molecule has 0 aliphatic rings. The van der Waals surface area contributed by atoms with E-state index in [-0.39, 0.29) is 0 Å². The van der Waals surface area contributed by atoms with Gasteiger partial charge in [-0.15, -0.1) is 0 Å². The second-order valence-corrected chi connectivity index (χ2v) is 4.59. The molecule has 5 heteroatoms. The van der Waals surface area contributed by atoms with Crippen molar-refractivity contribution in [2.75, 3.05) is 18.2 Å². The zero-order valence-electron chi connectivity index (χ0n) is 9.59. The molecule has 0 radical (unpaired) electrons. The molecular weight excluding hydrogens is 254 g/mol. The Morgan fingerprint density at radius 1 is 1.18 bits per heavy atom. The predicted molar refractivity (Wildman–Crippen MR) is 73.3 cm³/mol. The van der Waals surface area contributed by atoms with Gasteiger partial charge in [-0.2, -0.15) is 0 Å². The molecule has 0 saturated carbocycles. The van der Waals surface area contributed by atoms with Gasteiger partial charge in [0, 0.05) is 18.8 Å². The van der Waals surface area contributed by atoms with Crippen LogP contribution in [-0.2, 0) is 0 Å². The summed E-state index contributed by atoms with van der Waals surface area (Å²) in [5, 5.41) is 1.14. The van der Waals surface area contributed by atoms with Crippen LogP contribution >= 0.6 is 23.4 Å². The SMILES string of the molecule is CSc1nc(Cl)cc(N(C)c2ccccc2)n1. The zero-order valence-corrected chi connectivity index (χ0v) is 11.2. The van der Waals surface area contributed by atoms with Crippen LogP contribution in [-0.4, -0.2) is 23.3 Å². The molecule has 0 aliphatic carbocycles. The largest absolute Gasteiger partial charge is 0.329 e. The van der Waals surface area contributed by atoms with Crippen molar-refractivity contribution >= 4 is 34.9 Å². The lowest BCUT2D eigenvalue weighted by molar-refractivity contribution is 0.946. The van der Waals surface area contributed by atoms with Crippen molar-refractivity contribution in [1.29, 1.82) is 0 Å². The van der Waals surface area contributed by atoms with Gasteiger partial charge in [0.2, 0.25) is 0 Å². The molecule has 1 aromatic carbocycles. The highest BCUT2D eigenvalue weighted by Gasteiger charge is 2.08. The monoisotopic (exact) mass is 265 g/mol. The summed E-state index contributed by atoms with van der Waals surface area (Å²) in [4.78, 5) is 10.5. The summed E-state index contributed by atoms with van der Waals surface area (Å²) in [6.45, 7) is 0. The fraction of sp³-hybridized carbons (Fsp3) is 0.167. The third-order valence-electron chi connectivity index (χ3n) is 2.33. The van der Waals surface area contributed by atoms with Crippen molar-refractivity contribution < 1.29 is 0 Å². The highest BCUT2D eigenvalue weighted by Crippen LogP contribution is 2.25. The Morgan fingerprint density at radius 2 is 1.88 bits per heavy atom. The first-order valence-corrected chi connectivity index (χ1v) is 6.68. The van der Waals surface area contributed by atoms with Gasteiger partial charge in [-0.25, -0.2) is 9.97 Å². The molecule has 17 heavy (non-hydrogen) atoms. The number of thioether (sulfide) groups is 1. The number of rotatable bonds is 3. The Kier molecular flexibility index (Phi) is 3.86. The van der Waals surface area contributed by atoms with Crippen LogP contribution in [0, 0.1) is 0 Å². The Bertz CT molecular complexity index is 504. The average Bonchev–Trinajstić information content (AvgIpc) is 2.38. The molecule has 0 spiro atoms. The van der Waals surface area contributed by atoms with Crippen LogP contribution in [0.25, 0.3) is 0 Å². The first kappa shape index (κ1) is 12.2. The maximum Gasteiger partial charge on any atom is 0.190 e. The number of halogens is 1. The van der Waals surface area contributed by atoms with Crippen LogP contribution in [0.4, 0.5) is 11.5 Å². The van der Waals surface area contributed by atoms with Gasteiger partial charge in [-0.3, -0.25) is 0 Å². The first-order valence-electron chi connectivity index (χ1n) is 5.08. The topological polar surface area (TPSA) is 29.0 Å². The van der Waals surface area contributed by atoms with E-state index in [0.717, 1.165) is 11.5 Å². The van der Waals surface area contributed by atoms with E-state index in [1.54, 1.807) is 6.07 Å². The second kappa shape index (κ2) is 5.38. The van der Waals surface area contributed by atoms with Crippen molar-refractivity contribution in [2.24, 2.45) is 0 Å². The van der Waals surface area contributed by atoms with Gasteiger partial charge in [-0.1, -0.05) is 41.6 Å². The smallest absolute Gasteiger partial charge is 0.190 e. The lowest BCUT2D eigenvalue weighted by Gasteiger charge is -2.18. The lowest BCUT2D eigenvalue weighted by atomic mass is 10.3. The number of benzene rings is 1. The van der Waals surface area contributed by atoms with Crippen molar-refractivity contribution in [3.8, 4) is 0 Å². The van der Waals surface area contributed by atoms with E-state index >= 15 is 0 Å². The minimum atomic E-state index is 0.460. The lowest BCUT2D eigenvalue weighted by Crippen LogP contribution is -2.11. The Labute approximate surface area is 110 Å². The number of aromatic nitrogens is 2. The number of para-hydroxylation sites is 1. The van der Waals surface area contributed by atoms with Crippen LogP contribution < -0.4 is 4.90 Å². The van der Waals surface area contributed by atoms with E-state index in [1.807, 2.05) is 48.5 Å². The minimum absolute atomic E-state index is 0.460. The van der Waals surface area contributed by atoms with E-state index in [1.165, 1.54) is 11.8 Å². The fourth-order valence-electron chi connectivity index (χ4n) is 1.43. The Hall–Kier alpha value is -1.26. The minimum Gasteiger partial charge on any atom is -0.329 e. The van der Waals surface area contributed by atoms with Gasteiger partial charge in [0.05, 0.1) is 0 Å². The molecule has 88 valence electrons. The van der Waals surface area contributed by atoms with Gasteiger partial charge in [0.25, 0.3) is 0 Å². The highest BCUT2D eigenvalue weighted by molar-refractivity contribution is 7.98. The highest BCUT2D eigenvalue weighted by atomic mass is 35.5. The van der Waals surface area contributed by atoms with Crippen LogP contribution in [0.15, 0.2) is 41.6 Å². The number of nitrogens with zero attached hydrogens (tertiary/aromatic N) is 3. The molecule has 2 aromatic rings. The quantitative estimate of drug-likeness (QED) is 0.482. The van der Waals surface area contributed by atoms with E-state index < -0.39 is 0 Å². The maximum absolute atomic E-state index is 5.97. The van der Waals surface area contributed by atoms with Gasteiger partial charge in [-0.05, 0) is 18.4 Å². The normalized spacial score (nSPS) is 10.3. The molecule has 0 atom stereocenters. The predicted octanol–water partition coefficient (Wildman–Crippen LogP) is 3.62. The summed E-state index contributed by atoms with van der Waals surface area (Å²) >= 11 is 7.45. The molecule has 0 unspecified atom stereocenters. The molecule has 1 heterocycles. The summed E-state index contributed by atoms with van der Waals surface area (Å²) < 4.78 is 0. The Morgan fingerprint density at radius 3 is 2.53 bits per heavy atom. The third-order valence-corrected chi connectivity index (χ3v) is 3.07. The van der Waals surface area contributed by atoms with E-state index in [0.29, 0.717) is 10.3 Å². The van der Waals surface area contributed by atoms with Crippen molar-refractivity contribution in [1.82, 2.24) is 9.97 Å². The molecule has 1 aromatic heterocycles. The molecule has 0 saturated heterocycles. The first-order chi connectivity index (χ1) is 8.20. The van der Waals surface area contributed by atoms with Crippen molar-refractivity contribution in [3.63, 3.8) is 0 Å². The van der Waals surface area contributed by atoms with Crippen LogP contribution in [0.5, 0.6) is 0 Å². The van der Waals surface area contributed by atoms with Gasteiger partial charge in [0.15, 0.2) is 5.16 Å². The van der Waals surface area contributed by atoms with E-state index in [9.17, 15) is 0 Å². The van der Waals surface area contributed by atoms with Crippen LogP contribution in [0.2, 0.25) is 5.15 Å². The molecule has 0 aliphatic heterocycles. The van der Waals surface area contributed by atoms with Crippen molar-refractivity contribution in [3.05, 3.63) is 41.6 Å². The summed E-state index contributed by atoms with van der Waals surface area (Å²) in [5.41, 5.74) is 1.06. The molecule has 0 N–H and O–H groups in total. The van der Waals surface area contributed by atoms with Crippen LogP contribution in [0.1, 0.15) is 0 Å². The van der Waals surface area contributed by atoms with Gasteiger partial charge in [0.1, 0.15) is 11.0 Å². The Balaban J connectivity index is 2.37. The van der Waals surface area contributed by atoms with Gasteiger partial charge < -0.3 is 4.90 Å². The van der Waals surface area contributed by atoms with E-state index in [2.05, 4.69) is 9.97 Å². The summed E-state index contributed by atoms with van der Waals surface area (Å²) in [5.74, 6) is 0.792. The van der Waals surface area contributed by atoms with E-state index in [4.69, 9.17) is 11.6 Å². The number of anilines is 2.